The first-order valence-corrected chi connectivity index (χ1v) is 8.48. The second-order valence-corrected chi connectivity index (χ2v) is 5.66. The summed E-state index contributed by atoms with van der Waals surface area (Å²) in [7, 11) is 0. The van der Waals surface area contributed by atoms with Crippen LogP contribution in [0.15, 0.2) is 42.7 Å². The van der Waals surface area contributed by atoms with Crippen LogP contribution in [0.4, 0.5) is 0 Å². The molecule has 1 heterocycles. The number of nitrogens with zero attached hydrogens (tertiary/aromatic N) is 1. The zero-order chi connectivity index (χ0) is 18.1. The minimum absolute atomic E-state index is 0.229. The molecule has 2 aromatic rings. The Morgan fingerprint density at radius 3 is 2.52 bits per heavy atom. The molecule has 25 heavy (non-hydrogen) atoms. The van der Waals surface area contributed by atoms with Crippen LogP contribution in [0.25, 0.3) is 0 Å². The minimum Gasteiger partial charge on any atom is -0.466 e. The zero-order valence-electron chi connectivity index (χ0n) is 14.7. The smallest absolute Gasteiger partial charge is 0.310 e. The molecule has 0 saturated heterocycles. The van der Waals surface area contributed by atoms with Gasteiger partial charge in [0.1, 0.15) is 5.75 Å². The minimum atomic E-state index is -0.283. The summed E-state index contributed by atoms with van der Waals surface area (Å²) < 4.78 is 10.3. The summed E-state index contributed by atoms with van der Waals surface area (Å²) in [5.41, 5.74) is 3.01. The van der Waals surface area contributed by atoms with Gasteiger partial charge in [-0.1, -0.05) is 19.1 Å². The average Bonchev–Trinajstić information content (AvgIpc) is 2.61. The highest BCUT2D eigenvalue weighted by atomic mass is 16.5. The number of aryl methyl sites for hydroxylation is 1. The van der Waals surface area contributed by atoms with Crippen LogP contribution in [0.3, 0.4) is 0 Å². The van der Waals surface area contributed by atoms with Crippen molar-refractivity contribution in [1.82, 2.24) is 4.98 Å². The maximum Gasteiger partial charge on any atom is 0.310 e. The van der Waals surface area contributed by atoms with E-state index in [9.17, 15) is 9.59 Å². The lowest BCUT2D eigenvalue weighted by Crippen LogP contribution is -2.08. The summed E-state index contributed by atoms with van der Waals surface area (Å²) in [6.07, 6.45) is 5.36. The van der Waals surface area contributed by atoms with Gasteiger partial charge in [-0.05, 0) is 54.7 Å². The standard InChI is InChI=1S/C20H23NO4/c1-3-19(22)25-18-12-15(7-8-20(23)24-4-2)10-17(13-18)11-16-6-5-9-21-14-16/h5-6,9-10,12-14H,3-4,7-8,11H2,1-2H3. The van der Waals surface area contributed by atoms with Crippen molar-refractivity contribution in [2.45, 2.75) is 39.5 Å². The van der Waals surface area contributed by atoms with Gasteiger partial charge >= 0.3 is 11.9 Å². The molecule has 0 spiro atoms. The number of hydrogen-bond donors (Lipinski definition) is 0. The molecule has 0 radical (unpaired) electrons. The van der Waals surface area contributed by atoms with Gasteiger partial charge in [0.2, 0.25) is 0 Å². The molecule has 0 aliphatic rings. The van der Waals surface area contributed by atoms with Crippen LogP contribution in [-0.2, 0) is 27.2 Å². The topological polar surface area (TPSA) is 65.5 Å². The van der Waals surface area contributed by atoms with Crippen molar-refractivity contribution in [3.63, 3.8) is 0 Å². The third kappa shape index (κ3) is 6.37. The Hall–Kier alpha value is -2.69. The highest BCUT2D eigenvalue weighted by Gasteiger charge is 2.09. The second kappa shape index (κ2) is 9.57. The first-order chi connectivity index (χ1) is 12.1. The predicted octanol–water partition coefficient (Wildman–Crippen LogP) is 3.48. The fourth-order valence-corrected chi connectivity index (χ4v) is 2.46. The number of esters is 2. The van der Waals surface area contributed by atoms with E-state index in [2.05, 4.69) is 4.98 Å². The van der Waals surface area contributed by atoms with E-state index >= 15 is 0 Å². The molecule has 132 valence electrons. The molecule has 0 N–H and O–H groups in total. The van der Waals surface area contributed by atoms with Crippen LogP contribution in [0, 0.1) is 0 Å². The van der Waals surface area contributed by atoms with Crippen molar-refractivity contribution in [2.24, 2.45) is 0 Å². The Bertz CT molecular complexity index is 713. The SMILES string of the molecule is CCOC(=O)CCc1cc(Cc2cccnc2)cc(OC(=O)CC)c1. The van der Waals surface area contributed by atoms with E-state index in [1.54, 1.807) is 26.1 Å². The number of pyridine rings is 1. The van der Waals surface area contributed by atoms with Gasteiger partial charge in [-0.2, -0.15) is 0 Å². The Morgan fingerprint density at radius 1 is 1.04 bits per heavy atom. The average molecular weight is 341 g/mol. The lowest BCUT2D eigenvalue weighted by Gasteiger charge is -2.10. The van der Waals surface area contributed by atoms with Gasteiger partial charge in [-0.3, -0.25) is 14.6 Å². The molecule has 0 amide bonds. The van der Waals surface area contributed by atoms with E-state index in [1.165, 1.54) is 0 Å². The molecule has 0 aliphatic heterocycles. The molecular formula is C20H23NO4. The van der Waals surface area contributed by atoms with E-state index in [-0.39, 0.29) is 11.9 Å². The quantitative estimate of drug-likeness (QED) is 0.543. The van der Waals surface area contributed by atoms with Crippen molar-refractivity contribution in [3.8, 4) is 5.75 Å². The van der Waals surface area contributed by atoms with Gasteiger partial charge < -0.3 is 9.47 Å². The number of aromatic nitrogens is 1. The molecule has 1 aromatic carbocycles. The maximum atomic E-state index is 11.6. The van der Waals surface area contributed by atoms with Gasteiger partial charge in [0.15, 0.2) is 0 Å². The zero-order valence-corrected chi connectivity index (χ0v) is 14.7. The molecule has 5 heteroatoms. The van der Waals surface area contributed by atoms with E-state index in [0.29, 0.717) is 38.0 Å². The van der Waals surface area contributed by atoms with Crippen molar-refractivity contribution in [2.75, 3.05) is 6.61 Å². The molecule has 0 aliphatic carbocycles. The Balaban J connectivity index is 2.18. The number of rotatable bonds is 8. The number of benzene rings is 1. The van der Waals surface area contributed by atoms with Gasteiger partial charge in [-0.25, -0.2) is 0 Å². The fourth-order valence-electron chi connectivity index (χ4n) is 2.46. The second-order valence-electron chi connectivity index (χ2n) is 5.66. The van der Waals surface area contributed by atoms with E-state index < -0.39 is 0 Å². The number of ether oxygens (including phenoxy) is 2. The van der Waals surface area contributed by atoms with Crippen LogP contribution >= 0.6 is 0 Å². The monoisotopic (exact) mass is 341 g/mol. The summed E-state index contributed by atoms with van der Waals surface area (Å²) in [5, 5.41) is 0. The van der Waals surface area contributed by atoms with Gasteiger partial charge in [0, 0.05) is 25.2 Å². The molecule has 0 unspecified atom stereocenters. The molecule has 1 aromatic heterocycles. The first-order valence-electron chi connectivity index (χ1n) is 8.48. The number of carbonyl (C=O) groups is 2. The third-order valence-corrected chi connectivity index (χ3v) is 3.60. The van der Waals surface area contributed by atoms with Crippen molar-refractivity contribution in [3.05, 3.63) is 59.4 Å². The molecule has 2 rings (SSSR count). The number of hydrogen-bond acceptors (Lipinski definition) is 5. The highest BCUT2D eigenvalue weighted by Crippen LogP contribution is 2.21. The van der Waals surface area contributed by atoms with Crippen molar-refractivity contribution >= 4 is 11.9 Å². The maximum absolute atomic E-state index is 11.6. The first kappa shape index (κ1) is 18.6. The summed E-state index contributed by atoms with van der Waals surface area (Å²) >= 11 is 0. The molecule has 0 atom stereocenters. The van der Waals surface area contributed by atoms with Crippen LogP contribution in [0.5, 0.6) is 5.75 Å². The fraction of sp³-hybridized carbons (Fsp3) is 0.350. The normalized spacial score (nSPS) is 10.3. The lowest BCUT2D eigenvalue weighted by molar-refractivity contribution is -0.143. The molecule has 5 nitrogen and oxygen atoms in total. The summed E-state index contributed by atoms with van der Waals surface area (Å²) in [6, 6.07) is 9.57. The molecule has 0 bridgehead atoms. The summed E-state index contributed by atoms with van der Waals surface area (Å²) in [6.45, 7) is 3.91. The predicted molar refractivity (Wildman–Crippen MR) is 94.4 cm³/mol. The summed E-state index contributed by atoms with van der Waals surface area (Å²) in [4.78, 5) is 27.3. The lowest BCUT2D eigenvalue weighted by atomic mass is 10.0. The van der Waals surface area contributed by atoms with Crippen molar-refractivity contribution < 1.29 is 19.1 Å². The third-order valence-electron chi connectivity index (χ3n) is 3.60. The largest absolute Gasteiger partial charge is 0.466 e. The number of carbonyl (C=O) groups excluding carboxylic acids is 2. The molecule has 0 saturated carbocycles. The Kier molecular flexibility index (Phi) is 7.14. The molecule has 0 fully saturated rings. The van der Waals surface area contributed by atoms with E-state index in [4.69, 9.17) is 9.47 Å². The summed E-state index contributed by atoms with van der Waals surface area (Å²) in [5.74, 6) is -0.00534. The highest BCUT2D eigenvalue weighted by molar-refractivity contribution is 5.72. The van der Waals surface area contributed by atoms with Crippen molar-refractivity contribution in [1.29, 1.82) is 0 Å². The molecular weight excluding hydrogens is 318 g/mol. The van der Waals surface area contributed by atoms with Crippen LogP contribution in [0.2, 0.25) is 0 Å². The Morgan fingerprint density at radius 2 is 1.84 bits per heavy atom. The Labute approximate surface area is 148 Å². The van der Waals surface area contributed by atoms with E-state index in [1.807, 2.05) is 30.5 Å². The van der Waals surface area contributed by atoms with Gasteiger partial charge in [0.25, 0.3) is 0 Å². The van der Waals surface area contributed by atoms with Crippen LogP contribution < -0.4 is 4.74 Å². The van der Waals surface area contributed by atoms with Gasteiger partial charge in [-0.15, -0.1) is 0 Å². The van der Waals surface area contributed by atoms with Gasteiger partial charge in [0.05, 0.1) is 6.61 Å². The van der Waals surface area contributed by atoms with Crippen LogP contribution in [0.1, 0.15) is 43.4 Å². The van der Waals surface area contributed by atoms with E-state index in [0.717, 1.165) is 16.7 Å². The van der Waals surface area contributed by atoms with Crippen LogP contribution in [-0.4, -0.2) is 23.5 Å².